The number of aryl methyl sites for hydroxylation is 4. The maximum atomic E-state index is 12.8. The quantitative estimate of drug-likeness (QED) is 0.0833. The van der Waals surface area contributed by atoms with Gasteiger partial charge in [0.15, 0.2) is 10.3 Å². The lowest BCUT2D eigenvalue weighted by molar-refractivity contribution is 0.103. The number of nitrogens with zero attached hydrogens (tertiary/aromatic N) is 2. The Morgan fingerprint density at radius 3 is 1.56 bits per heavy atom. The SMILES string of the molecule is Cc1ccc(C)c(S(=O)(=O)NCc2ccc(Nc3ncc(C(=O)c4ccccc4C)s3)cc2)c1.Cc1ccccc1C(=O)c1cnc(Nc2ccc(CN)cc2)s1. The number of anilines is 4. The second kappa shape index (κ2) is 18.4. The molecule has 0 saturated heterocycles. The fraction of sp³-hybridized carbons (Fsp3) is 0.136. The summed E-state index contributed by atoms with van der Waals surface area (Å²) in [4.78, 5) is 35.4. The highest BCUT2D eigenvalue weighted by atomic mass is 32.2. The van der Waals surface area contributed by atoms with E-state index in [4.69, 9.17) is 5.73 Å². The number of nitrogens with one attached hydrogen (secondary N) is 3. The van der Waals surface area contributed by atoms with E-state index in [-0.39, 0.29) is 18.1 Å². The van der Waals surface area contributed by atoms with Crippen LogP contribution in [0.5, 0.6) is 0 Å². The van der Waals surface area contributed by atoms with Crippen LogP contribution >= 0.6 is 22.7 Å². The van der Waals surface area contributed by atoms with Gasteiger partial charge in [0.05, 0.1) is 27.0 Å². The topological polar surface area (TPSA) is 156 Å². The molecule has 0 amide bonds. The first-order chi connectivity index (χ1) is 27.4. The summed E-state index contributed by atoms with van der Waals surface area (Å²) in [6, 6.07) is 35.7. The van der Waals surface area contributed by atoms with Crippen LogP contribution in [0.3, 0.4) is 0 Å². The summed E-state index contributed by atoms with van der Waals surface area (Å²) < 4.78 is 28.1. The van der Waals surface area contributed by atoms with Crippen molar-refractivity contribution in [1.29, 1.82) is 0 Å². The van der Waals surface area contributed by atoms with Crippen molar-refractivity contribution in [3.63, 3.8) is 0 Å². The van der Waals surface area contributed by atoms with E-state index < -0.39 is 10.0 Å². The average Bonchev–Trinajstić information content (AvgIpc) is 3.89. The number of hydrogen-bond donors (Lipinski definition) is 4. The minimum atomic E-state index is -3.61. The Kier molecular flexibility index (Phi) is 13.2. The molecule has 0 aliphatic heterocycles. The van der Waals surface area contributed by atoms with Gasteiger partial charge in [-0.3, -0.25) is 9.59 Å². The molecule has 290 valence electrons. The normalized spacial score (nSPS) is 11.0. The Balaban J connectivity index is 0.000000208. The zero-order valence-electron chi connectivity index (χ0n) is 31.9. The molecule has 2 aromatic heterocycles. The van der Waals surface area contributed by atoms with E-state index in [1.807, 2.05) is 130 Å². The van der Waals surface area contributed by atoms with Gasteiger partial charge in [0.25, 0.3) is 0 Å². The largest absolute Gasteiger partial charge is 0.332 e. The molecule has 0 aliphatic carbocycles. The van der Waals surface area contributed by atoms with Gasteiger partial charge in [0.1, 0.15) is 0 Å². The first-order valence-electron chi connectivity index (χ1n) is 18.0. The molecule has 0 spiro atoms. The maximum Gasteiger partial charge on any atom is 0.241 e. The zero-order chi connectivity index (χ0) is 40.5. The molecule has 0 fully saturated rings. The zero-order valence-corrected chi connectivity index (χ0v) is 34.3. The molecule has 10 nitrogen and oxygen atoms in total. The van der Waals surface area contributed by atoms with Gasteiger partial charge < -0.3 is 16.4 Å². The highest BCUT2D eigenvalue weighted by molar-refractivity contribution is 7.89. The van der Waals surface area contributed by atoms with Crippen LogP contribution in [0, 0.1) is 27.7 Å². The van der Waals surface area contributed by atoms with Crippen LogP contribution in [0.1, 0.15) is 63.9 Å². The number of thiazole rings is 2. The van der Waals surface area contributed by atoms with Crippen molar-refractivity contribution in [1.82, 2.24) is 14.7 Å². The minimum absolute atomic E-state index is 0.00660. The molecule has 2 heterocycles. The Labute approximate surface area is 340 Å². The van der Waals surface area contributed by atoms with E-state index in [9.17, 15) is 18.0 Å². The lowest BCUT2D eigenvalue weighted by Gasteiger charge is -2.11. The average molecular weight is 815 g/mol. The molecule has 0 aliphatic rings. The van der Waals surface area contributed by atoms with E-state index in [1.165, 1.54) is 22.7 Å². The van der Waals surface area contributed by atoms with Gasteiger partial charge in [-0.1, -0.05) is 108 Å². The third kappa shape index (κ3) is 10.5. The van der Waals surface area contributed by atoms with E-state index >= 15 is 0 Å². The highest BCUT2D eigenvalue weighted by Gasteiger charge is 2.18. The predicted octanol–water partition coefficient (Wildman–Crippen LogP) is 9.41. The number of nitrogens with two attached hydrogens (primary N) is 1. The van der Waals surface area contributed by atoms with E-state index in [1.54, 1.807) is 25.4 Å². The molecule has 0 radical (unpaired) electrons. The van der Waals surface area contributed by atoms with E-state index in [2.05, 4.69) is 25.3 Å². The summed E-state index contributed by atoms with van der Waals surface area (Å²) in [5.74, 6) is -0.0396. The Hall–Kier alpha value is -5.83. The summed E-state index contributed by atoms with van der Waals surface area (Å²) in [5, 5.41) is 7.72. The summed E-state index contributed by atoms with van der Waals surface area (Å²) in [6.45, 7) is 8.21. The molecule has 7 rings (SSSR count). The molecule has 57 heavy (non-hydrogen) atoms. The molecule has 5 aromatic carbocycles. The molecular weight excluding hydrogens is 773 g/mol. The van der Waals surface area contributed by atoms with Gasteiger partial charge in [0.2, 0.25) is 21.6 Å². The van der Waals surface area contributed by atoms with Crippen molar-refractivity contribution in [2.24, 2.45) is 5.73 Å². The second-order valence-corrected chi connectivity index (χ2v) is 17.1. The maximum absolute atomic E-state index is 12.8. The number of rotatable bonds is 13. The van der Waals surface area contributed by atoms with Gasteiger partial charge in [-0.2, -0.15) is 0 Å². The first-order valence-corrected chi connectivity index (χ1v) is 21.1. The third-order valence-corrected chi connectivity index (χ3v) is 12.4. The standard InChI is InChI=1S/C26H25N3O3S2.C18H17N3OS/c1-17-8-9-19(3)24(14-17)34(31,32)28-15-20-10-12-21(13-11-20)29-26-27-16-23(33-26)25(30)22-7-5-4-6-18(22)2;1-12-4-2-3-5-15(12)17(22)16-11-20-18(23-16)21-14-8-6-13(10-19)7-9-14/h4-14,16,28H,15H2,1-3H3,(H,27,29);2-9,11H,10,19H2,1H3,(H,20,21). The van der Waals surface area contributed by atoms with E-state index in [0.29, 0.717) is 42.6 Å². The Morgan fingerprint density at radius 2 is 1.09 bits per heavy atom. The summed E-state index contributed by atoms with van der Waals surface area (Å²) in [5.41, 5.74) is 14.1. The van der Waals surface area contributed by atoms with Gasteiger partial charge in [-0.15, -0.1) is 0 Å². The van der Waals surface area contributed by atoms with Crippen LogP contribution in [0.25, 0.3) is 0 Å². The lowest BCUT2D eigenvalue weighted by atomic mass is 10.0. The van der Waals surface area contributed by atoms with Crippen LogP contribution in [-0.4, -0.2) is 30.0 Å². The molecule has 13 heteroatoms. The molecule has 0 saturated carbocycles. The number of benzene rings is 5. The summed E-state index contributed by atoms with van der Waals surface area (Å²) in [7, 11) is -3.61. The van der Waals surface area contributed by atoms with Crippen molar-refractivity contribution in [3.05, 3.63) is 182 Å². The van der Waals surface area contributed by atoms with Crippen LogP contribution in [0.4, 0.5) is 21.6 Å². The third-order valence-electron chi connectivity index (χ3n) is 8.98. The lowest BCUT2D eigenvalue weighted by Crippen LogP contribution is -2.24. The Morgan fingerprint density at radius 1 is 0.614 bits per heavy atom. The summed E-state index contributed by atoms with van der Waals surface area (Å²) in [6.07, 6.45) is 3.20. The minimum Gasteiger partial charge on any atom is -0.332 e. The van der Waals surface area contributed by atoms with E-state index in [0.717, 1.165) is 44.8 Å². The van der Waals surface area contributed by atoms with Crippen molar-refractivity contribution < 1.29 is 18.0 Å². The Bertz CT molecular complexity index is 2620. The second-order valence-electron chi connectivity index (χ2n) is 13.3. The van der Waals surface area contributed by atoms with Crippen molar-refractivity contribution in [2.45, 2.75) is 45.7 Å². The van der Waals surface area contributed by atoms with Crippen molar-refractivity contribution >= 4 is 65.9 Å². The first kappa shape index (κ1) is 40.8. The molecule has 0 bridgehead atoms. The number of ketones is 2. The molecule has 5 N–H and O–H groups in total. The number of carbonyl (C=O) groups is 2. The monoisotopic (exact) mass is 814 g/mol. The van der Waals surface area contributed by atoms with Crippen LogP contribution in [0.2, 0.25) is 0 Å². The smallest absolute Gasteiger partial charge is 0.241 e. The van der Waals surface area contributed by atoms with Crippen molar-refractivity contribution in [2.75, 3.05) is 10.6 Å². The number of carbonyl (C=O) groups excluding carboxylic acids is 2. The fourth-order valence-corrected chi connectivity index (χ4v) is 8.65. The van der Waals surface area contributed by atoms with Gasteiger partial charge in [-0.05, 0) is 91.4 Å². The fourth-order valence-electron chi connectivity index (χ4n) is 5.72. The van der Waals surface area contributed by atoms with Crippen molar-refractivity contribution in [3.8, 4) is 0 Å². The van der Waals surface area contributed by atoms with Crippen LogP contribution in [-0.2, 0) is 23.1 Å². The molecule has 0 unspecified atom stereocenters. The summed E-state index contributed by atoms with van der Waals surface area (Å²) >= 11 is 2.65. The number of aromatic nitrogens is 2. The van der Waals surface area contributed by atoms with Crippen LogP contribution in [0.15, 0.2) is 133 Å². The predicted molar refractivity (Wildman–Crippen MR) is 231 cm³/mol. The van der Waals surface area contributed by atoms with Gasteiger partial charge in [0, 0.05) is 35.6 Å². The van der Waals surface area contributed by atoms with Crippen LogP contribution < -0.4 is 21.1 Å². The van der Waals surface area contributed by atoms with Gasteiger partial charge >= 0.3 is 0 Å². The molecule has 7 aromatic rings. The van der Waals surface area contributed by atoms with Gasteiger partial charge in [-0.25, -0.2) is 23.1 Å². The number of hydrogen-bond acceptors (Lipinski definition) is 11. The molecular formula is C44H42N6O4S3. The number of sulfonamides is 1. The molecule has 0 atom stereocenters. The highest BCUT2D eigenvalue weighted by Crippen LogP contribution is 2.27.